The van der Waals surface area contributed by atoms with Crippen molar-refractivity contribution in [3.8, 4) is 5.75 Å². The van der Waals surface area contributed by atoms with Gasteiger partial charge in [0.15, 0.2) is 0 Å². The fourth-order valence-electron chi connectivity index (χ4n) is 2.98. The molecule has 4 atom stereocenters. The van der Waals surface area contributed by atoms with Gasteiger partial charge in [0, 0.05) is 9.84 Å². The van der Waals surface area contributed by atoms with Crippen molar-refractivity contribution in [1.82, 2.24) is 0 Å². The highest BCUT2D eigenvalue weighted by atomic mass is 127. The van der Waals surface area contributed by atoms with Crippen LogP contribution in [0.5, 0.6) is 5.75 Å². The molecule has 1 N–H and O–H groups in total. The van der Waals surface area contributed by atoms with E-state index in [1.807, 2.05) is 31.2 Å². The average molecular weight is 400 g/mol. The third-order valence-electron chi connectivity index (χ3n) is 4.60. The summed E-state index contributed by atoms with van der Waals surface area (Å²) in [6, 6.07) is 8.06. The van der Waals surface area contributed by atoms with Crippen molar-refractivity contribution in [3.63, 3.8) is 0 Å². The molecule has 3 nitrogen and oxygen atoms in total. The summed E-state index contributed by atoms with van der Waals surface area (Å²) in [5.41, 5.74) is 1.12. The molecule has 0 amide bonds. The van der Waals surface area contributed by atoms with E-state index in [-0.39, 0.29) is 11.8 Å². The molecule has 4 heteroatoms. The van der Waals surface area contributed by atoms with Gasteiger partial charge in [-0.05, 0) is 48.8 Å². The zero-order chi connectivity index (χ0) is 15.0. The first-order chi connectivity index (χ1) is 10.1. The van der Waals surface area contributed by atoms with Gasteiger partial charge in [-0.15, -0.1) is 0 Å². The number of ether oxygens (including phenoxy) is 1. The van der Waals surface area contributed by atoms with Crippen molar-refractivity contribution >= 4 is 28.6 Å². The minimum absolute atomic E-state index is 0.115. The molecule has 0 heterocycles. The van der Waals surface area contributed by atoms with Crippen molar-refractivity contribution in [2.24, 2.45) is 17.8 Å². The van der Waals surface area contributed by atoms with E-state index in [1.165, 1.54) is 6.42 Å². The van der Waals surface area contributed by atoms with Crippen LogP contribution in [0.1, 0.15) is 37.7 Å². The maximum Gasteiger partial charge on any atom is 0.306 e. The fraction of sp³-hybridized carbons (Fsp3) is 0.588. The second kappa shape index (κ2) is 6.15. The van der Waals surface area contributed by atoms with Crippen LogP contribution in [0.2, 0.25) is 0 Å². The van der Waals surface area contributed by atoms with Crippen molar-refractivity contribution in [1.29, 1.82) is 0 Å². The van der Waals surface area contributed by atoms with Gasteiger partial charge in [0.25, 0.3) is 0 Å². The number of carboxylic acids is 1. The topological polar surface area (TPSA) is 46.5 Å². The second-order valence-corrected chi connectivity index (χ2v) is 7.99. The molecule has 114 valence electrons. The maximum absolute atomic E-state index is 11.4. The SMILES string of the molecule is CC(C(=O)O)C(c1cccc(OC[C@H]2C[C@@H]2I)c1)C1CC1. The number of halogens is 1. The van der Waals surface area contributed by atoms with E-state index < -0.39 is 5.97 Å². The van der Waals surface area contributed by atoms with Crippen LogP contribution in [0.25, 0.3) is 0 Å². The predicted octanol–water partition coefficient (Wildman–Crippen LogP) is 4.10. The van der Waals surface area contributed by atoms with Crippen LogP contribution in [0.4, 0.5) is 0 Å². The molecule has 0 radical (unpaired) electrons. The number of alkyl halides is 1. The van der Waals surface area contributed by atoms with Gasteiger partial charge < -0.3 is 9.84 Å². The van der Waals surface area contributed by atoms with Gasteiger partial charge in [0.05, 0.1) is 12.5 Å². The molecular formula is C17H21IO3. The van der Waals surface area contributed by atoms with E-state index in [9.17, 15) is 9.90 Å². The largest absolute Gasteiger partial charge is 0.493 e. The van der Waals surface area contributed by atoms with Gasteiger partial charge >= 0.3 is 5.97 Å². The molecule has 0 spiro atoms. The van der Waals surface area contributed by atoms with E-state index in [0.717, 1.165) is 34.7 Å². The lowest BCUT2D eigenvalue weighted by Gasteiger charge is -2.21. The number of benzene rings is 1. The number of aliphatic carboxylic acids is 1. The molecule has 2 aliphatic rings. The zero-order valence-electron chi connectivity index (χ0n) is 12.2. The fourth-order valence-corrected chi connectivity index (χ4v) is 3.84. The van der Waals surface area contributed by atoms with Crippen molar-refractivity contribution in [3.05, 3.63) is 29.8 Å². The minimum atomic E-state index is -0.705. The molecule has 0 aliphatic heterocycles. The minimum Gasteiger partial charge on any atom is -0.493 e. The lowest BCUT2D eigenvalue weighted by atomic mass is 9.83. The summed E-state index contributed by atoms with van der Waals surface area (Å²) in [5, 5.41) is 9.34. The van der Waals surface area contributed by atoms with Gasteiger partial charge in [-0.2, -0.15) is 0 Å². The van der Waals surface area contributed by atoms with Crippen LogP contribution >= 0.6 is 22.6 Å². The van der Waals surface area contributed by atoms with Crippen LogP contribution in [-0.4, -0.2) is 21.6 Å². The Morgan fingerprint density at radius 2 is 2.19 bits per heavy atom. The summed E-state index contributed by atoms with van der Waals surface area (Å²) in [4.78, 5) is 11.4. The van der Waals surface area contributed by atoms with E-state index in [4.69, 9.17) is 4.74 Å². The monoisotopic (exact) mass is 400 g/mol. The number of hydrogen-bond donors (Lipinski definition) is 1. The maximum atomic E-state index is 11.4. The van der Waals surface area contributed by atoms with E-state index in [0.29, 0.717) is 11.8 Å². The van der Waals surface area contributed by atoms with E-state index in [1.54, 1.807) is 0 Å². The van der Waals surface area contributed by atoms with Crippen LogP contribution < -0.4 is 4.74 Å². The Kier molecular flexibility index (Phi) is 4.43. The van der Waals surface area contributed by atoms with Gasteiger partial charge in [0.2, 0.25) is 0 Å². The predicted molar refractivity (Wildman–Crippen MR) is 90.1 cm³/mol. The van der Waals surface area contributed by atoms with Crippen molar-refractivity contribution < 1.29 is 14.6 Å². The number of rotatable bonds is 7. The van der Waals surface area contributed by atoms with Crippen molar-refractivity contribution in [2.45, 2.75) is 36.0 Å². The van der Waals surface area contributed by atoms with Gasteiger partial charge in [-0.3, -0.25) is 4.79 Å². The molecule has 2 fully saturated rings. The summed E-state index contributed by atoms with van der Waals surface area (Å²) in [5.74, 6) is 1.16. The molecule has 2 saturated carbocycles. The van der Waals surface area contributed by atoms with E-state index >= 15 is 0 Å². The standard InChI is InChI=1S/C17H21IO3/c1-10(17(19)20)16(11-5-6-11)12-3-2-4-14(7-12)21-9-13-8-15(13)18/h2-4,7,10-11,13,15-16H,5-6,8-9H2,1H3,(H,19,20)/t10?,13-,15+,16?/m1/s1. The van der Waals surface area contributed by atoms with Crippen LogP contribution in [0, 0.1) is 17.8 Å². The quantitative estimate of drug-likeness (QED) is 0.554. The Hall–Kier alpha value is -0.780. The van der Waals surface area contributed by atoms with Crippen LogP contribution in [0.3, 0.4) is 0 Å². The number of carboxylic acid groups (broad SMARTS) is 1. The molecule has 0 bridgehead atoms. The third kappa shape index (κ3) is 3.71. The Morgan fingerprint density at radius 1 is 1.48 bits per heavy atom. The molecule has 2 aliphatic carbocycles. The smallest absolute Gasteiger partial charge is 0.306 e. The Balaban J connectivity index is 1.71. The third-order valence-corrected chi connectivity index (χ3v) is 6.13. The normalized spacial score (nSPS) is 27.0. The molecule has 1 aromatic carbocycles. The lowest BCUT2D eigenvalue weighted by molar-refractivity contribution is -0.142. The Labute approximate surface area is 139 Å². The zero-order valence-corrected chi connectivity index (χ0v) is 14.3. The first-order valence-electron chi connectivity index (χ1n) is 7.66. The molecule has 0 saturated heterocycles. The molecule has 3 rings (SSSR count). The first-order valence-corrected chi connectivity index (χ1v) is 8.90. The summed E-state index contributed by atoms with van der Waals surface area (Å²) >= 11 is 2.46. The van der Waals surface area contributed by atoms with Crippen LogP contribution in [0.15, 0.2) is 24.3 Å². The lowest BCUT2D eigenvalue weighted by Crippen LogP contribution is -2.20. The average Bonchev–Trinajstić information content (AvgIpc) is 3.36. The highest BCUT2D eigenvalue weighted by molar-refractivity contribution is 14.1. The molecule has 1 aromatic rings. The highest BCUT2D eigenvalue weighted by Crippen LogP contribution is 2.47. The molecule has 2 unspecified atom stereocenters. The van der Waals surface area contributed by atoms with Gasteiger partial charge in [-0.1, -0.05) is 41.6 Å². The molecule has 0 aromatic heterocycles. The summed E-state index contributed by atoms with van der Waals surface area (Å²) < 4.78 is 6.64. The van der Waals surface area contributed by atoms with Gasteiger partial charge in [-0.25, -0.2) is 0 Å². The van der Waals surface area contributed by atoms with Crippen LogP contribution in [-0.2, 0) is 4.79 Å². The summed E-state index contributed by atoms with van der Waals surface area (Å²) in [6.07, 6.45) is 3.54. The second-order valence-electron chi connectivity index (χ2n) is 6.39. The van der Waals surface area contributed by atoms with E-state index in [2.05, 4.69) is 22.6 Å². The summed E-state index contributed by atoms with van der Waals surface area (Å²) in [7, 11) is 0. The number of hydrogen-bond acceptors (Lipinski definition) is 2. The van der Waals surface area contributed by atoms with Gasteiger partial charge in [0.1, 0.15) is 5.75 Å². The Bertz CT molecular complexity index is 527. The molecule has 21 heavy (non-hydrogen) atoms. The first kappa shape index (κ1) is 15.1. The Morgan fingerprint density at radius 3 is 2.76 bits per heavy atom. The summed E-state index contributed by atoms with van der Waals surface area (Å²) in [6.45, 7) is 2.60. The van der Waals surface area contributed by atoms with Crippen molar-refractivity contribution in [2.75, 3.05) is 6.61 Å². The highest BCUT2D eigenvalue weighted by Gasteiger charge is 2.39. The number of carbonyl (C=O) groups is 1. The molecular weight excluding hydrogens is 379 g/mol.